The molecule has 1 N–H and O–H groups in total. The zero-order chi connectivity index (χ0) is 25.6. The summed E-state index contributed by atoms with van der Waals surface area (Å²) in [4.78, 5) is 1.16. The highest BCUT2D eigenvalue weighted by Gasteiger charge is 2.52. The Morgan fingerprint density at radius 1 is 0.889 bits per heavy atom. The molecule has 6 heteroatoms. The van der Waals surface area contributed by atoms with Crippen LogP contribution in [0.2, 0.25) is 5.04 Å². The number of hydrogen-bond acceptors (Lipinski definition) is 5. The van der Waals surface area contributed by atoms with Gasteiger partial charge in [-0.2, -0.15) is 0 Å². The maximum Gasteiger partial charge on any atom is 0.261 e. The molecule has 0 unspecified atom stereocenters. The van der Waals surface area contributed by atoms with E-state index in [4.69, 9.17) is 13.9 Å². The zero-order valence-electron chi connectivity index (χ0n) is 21.7. The highest BCUT2D eigenvalue weighted by molar-refractivity contribution is 7.99. The van der Waals surface area contributed by atoms with Crippen LogP contribution in [0.25, 0.3) is 0 Å². The second-order valence-electron chi connectivity index (χ2n) is 10.4. The second-order valence-corrected chi connectivity index (χ2v) is 15.9. The summed E-state index contributed by atoms with van der Waals surface area (Å²) in [5.74, 6) is 0. The molecule has 4 atom stereocenters. The van der Waals surface area contributed by atoms with E-state index in [1.165, 1.54) is 10.4 Å². The molecule has 0 radical (unpaired) electrons. The third-order valence-electron chi connectivity index (χ3n) is 6.96. The number of rotatable bonds is 9. The number of aliphatic hydroxyl groups is 1. The van der Waals surface area contributed by atoms with Gasteiger partial charge in [0.2, 0.25) is 0 Å². The quantitative estimate of drug-likeness (QED) is 0.390. The number of thioether (sulfide) groups is 1. The first-order valence-corrected chi connectivity index (χ1v) is 15.5. The van der Waals surface area contributed by atoms with E-state index in [0.717, 1.165) is 11.3 Å². The van der Waals surface area contributed by atoms with Gasteiger partial charge in [-0.1, -0.05) is 111 Å². The van der Waals surface area contributed by atoms with Gasteiger partial charge in [0.05, 0.1) is 24.9 Å². The molecule has 3 aromatic carbocycles. The van der Waals surface area contributed by atoms with Gasteiger partial charge in [0, 0.05) is 24.8 Å². The molecule has 1 heterocycles. The number of aliphatic hydroxyl groups excluding tert-OH is 1. The normalized spacial score (nSPS) is 21.8. The van der Waals surface area contributed by atoms with Crippen molar-refractivity contribution in [3.8, 4) is 0 Å². The Balaban J connectivity index is 1.70. The predicted octanol–water partition coefficient (Wildman–Crippen LogP) is 5.24. The smallest absolute Gasteiger partial charge is 0.261 e. The molecule has 0 bridgehead atoms. The van der Waals surface area contributed by atoms with E-state index in [1.807, 2.05) is 30.3 Å². The maximum atomic E-state index is 10.7. The molecule has 4 rings (SSSR count). The summed E-state index contributed by atoms with van der Waals surface area (Å²) in [5.41, 5.74) is -0.0760. The van der Waals surface area contributed by atoms with Crippen molar-refractivity contribution in [2.24, 2.45) is 0 Å². The topological polar surface area (TPSA) is 47.9 Å². The first kappa shape index (κ1) is 27.1. The SMILES string of the molecule is CO[C@H]1C[C@H](Sc2ccccc2)O[C@@H]([C@@H](CO)O[Si](c2ccccc2)(c2ccccc2)C(C)(C)C)C1. The van der Waals surface area contributed by atoms with E-state index in [0.29, 0.717) is 6.42 Å². The van der Waals surface area contributed by atoms with Crippen LogP contribution < -0.4 is 10.4 Å². The third kappa shape index (κ3) is 5.96. The van der Waals surface area contributed by atoms with E-state index < -0.39 is 14.4 Å². The minimum absolute atomic E-state index is 0.0433. The fourth-order valence-electron chi connectivity index (χ4n) is 5.18. The van der Waals surface area contributed by atoms with Gasteiger partial charge in [0.25, 0.3) is 8.32 Å². The molecule has 0 saturated carbocycles. The van der Waals surface area contributed by atoms with Gasteiger partial charge in [-0.05, 0) is 27.5 Å². The van der Waals surface area contributed by atoms with Crippen LogP contribution in [0.15, 0.2) is 95.9 Å². The Bertz CT molecular complexity index is 1020. The van der Waals surface area contributed by atoms with Gasteiger partial charge in [-0.3, -0.25) is 0 Å². The molecular weight excluding hydrogens is 484 g/mol. The van der Waals surface area contributed by atoms with Crippen LogP contribution in [0.4, 0.5) is 0 Å². The minimum Gasteiger partial charge on any atom is -0.399 e. The lowest BCUT2D eigenvalue weighted by atomic mass is 10.0. The van der Waals surface area contributed by atoms with Crippen LogP contribution in [0.5, 0.6) is 0 Å². The number of ether oxygens (including phenoxy) is 2. The van der Waals surface area contributed by atoms with Crippen molar-refractivity contribution in [1.29, 1.82) is 0 Å². The fourth-order valence-corrected chi connectivity index (χ4v) is 11.0. The van der Waals surface area contributed by atoms with Gasteiger partial charge >= 0.3 is 0 Å². The van der Waals surface area contributed by atoms with E-state index in [1.54, 1.807) is 18.9 Å². The van der Waals surface area contributed by atoms with Crippen LogP contribution in [-0.2, 0) is 13.9 Å². The van der Waals surface area contributed by atoms with Crippen LogP contribution in [-0.4, -0.2) is 50.9 Å². The Morgan fingerprint density at radius 3 is 1.89 bits per heavy atom. The van der Waals surface area contributed by atoms with E-state index in [2.05, 4.69) is 81.4 Å². The minimum atomic E-state index is -2.83. The maximum absolute atomic E-state index is 10.7. The first-order valence-electron chi connectivity index (χ1n) is 12.7. The van der Waals surface area contributed by atoms with Gasteiger partial charge in [0.15, 0.2) is 0 Å². The molecule has 4 nitrogen and oxygen atoms in total. The lowest BCUT2D eigenvalue weighted by molar-refractivity contribution is -0.121. The molecule has 0 aliphatic carbocycles. The van der Waals surface area contributed by atoms with E-state index >= 15 is 0 Å². The summed E-state index contributed by atoms with van der Waals surface area (Å²) in [5, 5.41) is 12.9. The highest BCUT2D eigenvalue weighted by atomic mass is 32.2. The van der Waals surface area contributed by atoms with Crippen molar-refractivity contribution in [3.63, 3.8) is 0 Å². The Labute approximate surface area is 221 Å². The molecular formula is C30H38O4SSi. The summed E-state index contributed by atoms with van der Waals surface area (Å²) >= 11 is 1.70. The number of hydrogen-bond donors (Lipinski definition) is 1. The fraction of sp³-hybridized carbons (Fsp3) is 0.400. The second kappa shape index (κ2) is 12.1. The average molecular weight is 523 g/mol. The standard InChI is InChI=1S/C30H38O4SSi/c1-30(2,3)36(25-16-10-6-11-17-25,26-18-12-7-13-19-26)34-28(22-31)27-20-23(32-4)21-29(33-27)35-24-14-8-5-9-15-24/h5-19,23,27-29,31H,20-22H2,1-4H3/t23-,27-,28-,29+/m1/s1. The van der Waals surface area contributed by atoms with Gasteiger partial charge < -0.3 is 19.0 Å². The third-order valence-corrected chi connectivity index (χ3v) is 13.1. The molecule has 1 fully saturated rings. The molecule has 36 heavy (non-hydrogen) atoms. The van der Waals surface area contributed by atoms with Crippen molar-refractivity contribution in [2.45, 2.75) is 67.3 Å². The van der Waals surface area contributed by atoms with Crippen molar-refractivity contribution < 1.29 is 19.0 Å². The lowest BCUT2D eigenvalue weighted by Crippen LogP contribution is -2.69. The molecule has 192 valence electrons. The van der Waals surface area contributed by atoms with Crippen molar-refractivity contribution in [2.75, 3.05) is 13.7 Å². The highest BCUT2D eigenvalue weighted by Crippen LogP contribution is 2.40. The summed E-state index contributed by atoms with van der Waals surface area (Å²) in [6, 6.07) is 31.4. The molecule has 1 aliphatic rings. The molecule has 0 aromatic heterocycles. The van der Waals surface area contributed by atoms with Gasteiger partial charge in [0.1, 0.15) is 5.44 Å². The Morgan fingerprint density at radius 2 is 1.42 bits per heavy atom. The van der Waals surface area contributed by atoms with Gasteiger partial charge in [-0.15, -0.1) is 0 Å². The molecule has 1 saturated heterocycles. The predicted molar refractivity (Wildman–Crippen MR) is 151 cm³/mol. The van der Waals surface area contributed by atoms with Crippen molar-refractivity contribution >= 4 is 30.5 Å². The van der Waals surface area contributed by atoms with Crippen molar-refractivity contribution in [3.05, 3.63) is 91.0 Å². The molecule has 0 spiro atoms. The summed E-state index contributed by atoms with van der Waals surface area (Å²) in [7, 11) is -1.08. The van der Waals surface area contributed by atoms with Crippen molar-refractivity contribution in [1.82, 2.24) is 0 Å². The summed E-state index contributed by atoms with van der Waals surface area (Å²) in [6.07, 6.45) is 0.766. The molecule has 1 aliphatic heterocycles. The lowest BCUT2D eigenvalue weighted by Gasteiger charge is -2.47. The number of benzene rings is 3. The summed E-state index contributed by atoms with van der Waals surface area (Å²) < 4.78 is 19.7. The monoisotopic (exact) mass is 522 g/mol. The Kier molecular flexibility index (Phi) is 9.09. The Hall–Kier alpha value is -1.93. The van der Waals surface area contributed by atoms with E-state index in [-0.39, 0.29) is 29.3 Å². The zero-order valence-corrected chi connectivity index (χ0v) is 23.5. The van der Waals surface area contributed by atoms with Crippen LogP contribution in [0, 0.1) is 0 Å². The van der Waals surface area contributed by atoms with E-state index in [9.17, 15) is 5.11 Å². The molecule has 3 aromatic rings. The average Bonchev–Trinajstić information content (AvgIpc) is 2.90. The van der Waals surface area contributed by atoms with Crippen LogP contribution in [0.3, 0.4) is 0 Å². The molecule has 0 amide bonds. The largest absolute Gasteiger partial charge is 0.399 e. The van der Waals surface area contributed by atoms with Crippen LogP contribution >= 0.6 is 11.8 Å². The number of methoxy groups -OCH3 is 1. The van der Waals surface area contributed by atoms with Crippen LogP contribution in [0.1, 0.15) is 33.6 Å². The first-order chi connectivity index (χ1) is 17.4. The van der Waals surface area contributed by atoms with Gasteiger partial charge in [-0.25, -0.2) is 0 Å². The summed E-state index contributed by atoms with van der Waals surface area (Å²) in [6.45, 7) is 6.64.